The normalized spacial score (nSPS) is 29.2. The molecule has 3 atom stereocenters. The fraction of sp³-hybridized carbons (Fsp3) is 0.600. The van der Waals surface area contributed by atoms with E-state index in [0.29, 0.717) is 24.8 Å². The number of carbonyl (C=O) groups excluding carboxylic acids is 2. The quantitative estimate of drug-likeness (QED) is 0.845. The lowest BCUT2D eigenvalue weighted by atomic mass is 9.84. The van der Waals surface area contributed by atoms with Gasteiger partial charge in [0.1, 0.15) is 0 Å². The fourth-order valence-electron chi connectivity index (χ4n) is 4.39. The second-order valence-corrected chi connectivity index (χ2v) is 7.64. The van der Waals surface area contributed by atoms with E-state index >= 15 is 0 Å². The highest BCUT2D eigenvalue weighted by atomic mass is 16.5. The third-order valence-corrected chi connectivity index (χ3v) is 5.97. The van der Waals surface area contributed by atoms with Crippen molar-refractivity contribution in [1.82, 2.24) is 9.80 Å². The van der Waals surface area contributed by atoms with Crippen LogP contribution in [0.25, 0.3) is 0 Å². The third-order valence-electron chi connectivity index (χ3n) is 5.97. The van der Waals surface area contributed by atoms with E-state index in [9.17, 15) is 9.59 Å². The number of nitrogens with zero attached hydrogens (tertiary/aromatic N) is 2. The summed E-state index contributed by atoms with van der Waals surface area (Å²) in [4.78, 5) is 28.6. The second kappa shape index (κ2) is 6.79. The van der Waals surface area contributed by atoms with Crippen molar-refractivity contribution in [3.05, 3.63) is 35.4 Å². The molecule has 0 radical (unpaired) electrons. The Bertz CT molecular complexity index is 657. The first-order chi connectivity index (χ1) is 12.1. The molecule has 0 unspecified atom stereocenters. The number of carbonyl (C=O) groups is 2. The van der Waals surface area contributed by atoms with Crippen LogP contribution in [0, 0.1) is 18.8 Å². The van der Waals surface area contributed by atoms with E-state index in [2.05, 4.69) is 0 Å². The largest absolute Gasteiger partial charge is 0.376 e. The summed E-state index contributed by atoms with van der Waals surface area (Å²) < 4.78 is 6.03. The Hall–Kier alpha value is -1.88. The Kier molecular flexibility index (Phi) is 4.50. The fourth-order valence-corrected chi connectivity index (χ4v) is 4.39. The molecule has 4 rings (SSSR count). The van der Waals surface area contributed by atoms with Gasteiger partial charge in [-0.2, -0.15) is 0 Å². The van der Waals surface area contributed by atoms with E-state index < -0.39 is 0 Å². The minimum atomic E-state index is 0.0701. The molecule has 25 heavy (non-hydrogen) atoms. The van der Waals surface area contributed by atoms with Crippen molar-refractivity contribution >= 4 is 11.8 Å². The molecule has 3 saturated heterocycles. The van der Waals surface area contributed by atoms with Crippen molar-refractivity contribution in [2.45, 2.75) is 32.3 Å². The molecule has 3 heterocycles. The average molecular weight is 342 g/mol. The van der Waals surface area contributed by atoms with Gasteiger partial charge in [-0.15, -0.1) is 0 Å². The number of fused-ring (bicyclic) bond motifs is 1. The summed E-state index contributed by atoms with van der Waals surface area (Å²) in [6.45, 7) is 5.87. The van der Waals surface area contributed by atoms with Crippen LogP contribution < -0.4 is 0 Å². The number of aryl methyl sites for hydroxylation is 1. The maximum absolute atomic E-state index is 12.8. The summed E-state index contributed by atoms with van der Waals surface area (Å²) in [5.74, 6) is 1.22. The van der Waals surface area contributed by atoms with Gasteiger partial charge in [0.05, 0.1) is 12.7 Å². The number of hydrogen-bond acceptors (Lipinski definition) is 3. The first-order valence-corrected chi connectivity index (χ1v) is 9.37. The molecule has 1 aromatic rings. The Morgan fingerprint density at radius 2 is 2.04 bits per heavy atom. The zero-order valence-corrected chi connectivity index (χ0v) is 14.8. The molecule has 3 aliphatic rings. The van der Waals surface area contributed by atoms with Gasteiger partial charge in [-0.3, -0.25) is 9.59 Å². The zero-order valence-electron chi connectivity index (χ0n) is 14.8. The molecule has 0 saturated carbocycles. The van der Waals surface area contributed by atoms with Crippen molar-refractivity contribution in [2.24, 2.45) is 11.8 Å². The minimum absolute atomic E-state index is 0.0701. The standard InChI is InChI=1S/C20H26N2O3/c1-14-4-6-15(7-5-14)20(24)22-10-8-16-13-25-18(17(16)11-22)12-21-9-2-3-19(21)23/h4-7,16-18H,2-3,8-13H2,1H3/t16-,17-,18+/m0/s1. The molecule has 2 amide bonds. The van der Waals surface area contributed by atoms with E-state index in [1.165, 1.54) is 0 Å². The van der Waals surface area contributed by atoms with Gasteiger partial charge in [-0.05, 0) is 37.8 Å². The van der Waals surface area contributed by atoms with E-state index in [4.69, 9.17) is 4.74 Å². The van der Waals surface area contributed by atoms with Gasteiger partial charge in [0.15, 0.2) is 0 Å². The van der Waals surface area contributed by atoms with Gasteiger partial charge < -0.3 is 14.5 Å². The molecule has 0 bridgehead atoms. The Morgan fingerprint density at radius 1 is 1.24 bits per heavy atom. The molecule has 0 N–H and O–H groups in total. The van der Waals surface area contributed by atoms with Crippen LogP contribution in [0.2, 0.25) is 0 Å². The van der Waals surface area contributed by atoms with Crippen molar-refractivity contribution in [3.63, 3.8) is 0 Å². The van der Waals surface area contributed by atoms with Crippen LogP contribution in [0.3, 0.4) is 0 Å². The highest BCUT2D eigenvalue weighted by Gasteiger charge is 2.43. The minimum Gasteiger partial charge on any atom is -0.376 e. The van der Waals surface area contributed by atoms with Crippen LogP contribution >= 0.6 is 0 Å². The van der Waals surface area contributed by atoms with Gasteiger partial charge in [-0.1, -0.05) is 17.7 Å². The van der Waals surface area contributed by atoms with Crippen molar-refractivity contribution in [2.75, 3.05) is 32.8 Å². The molecule has 3 aliphatic heterocycles. The number of likely N-dealkylation sites (tertiary alicyclic amines) is 2. The van der Waals surface area contributed by atoms with Crippen molar-refractivity contribution < 1.29 is 14.3 Å². The van der Waals surface area contributed by atoms with Crippen LogP contribution in [-0.4, -0.2) is 60.5 Å². The third kappa shape index (κ3) is 3.30. The summed E-state index contributed by atoms with van der Waals surface area (Å²) in [5, 5.41) is 0. The molecule has 134 valence electrons. The lowest BCUT2D eigenvalue weighted by molar-refractivity contribution is -0.129. The molecular formula is C20H26N2O3. The number of rotatable bonds is 3. The Balaban J connectivity index is 1.43. The van der Waals surface area contributed by atoms with Gasteiger partial charge in [0, 0.05) is 44.1 Å². The van der Waals surface area contributed by atoms with E-state index in [0.717, 1.165) is 50.2 Å². The first kappa shape index (κ1) is 16.6. The van der Waals surface area contributed by atoms with Gasteiger partial charge in [0.2, 0.25) is 5.91 Å². The predicted octanol–water partition coefficient (Wildman–Crippen LogP) is 2.09. The lowest BCUT2D eigenvalue weighted by Gasteiger charge is -2.37. The summed E-state index contributed by atoms with van der Waals surface area (Å²) >= 11 is 0. The Labute approximate surface area is 148 Å². The first-order valence-electron chi connectivity index (χ1n) is 9.37. The molecule has 5 heteroatoms. The molecular weight excluding hydrogens is 316 g/mol. The molecule has 5 nitrogen and oxygen atoms in total. The van der Waals surface area contributed by atoms with E-state index in [1.54, 1.807) is 0 Å². The maximum Gasteiger partial charge on any atom is 0.253 e. The van der Waals surface area contributed by atoms with Crippen LogP contribution in [0.15, 0.2) is 24.3 Å². The average Bonchev–Trinajstić information content (AvgIpc) is 3.21. The SMILES string of the molecule is Cc1ccc(C(=O)N2CC[C@H]3CO[C@H](CN4CCCC4=O)[C@H]3C2)cc1. The van der Waals surface area contributed by atoms with Crippen LogP contribution in [-0.2, 0) is 9.53 Å². The molecule has 0 aromatic heterocycles. The molecule has 0 spiro atoms. The van der Waals surface area contributed by atoms with E-state index in [1.807, 2.05) is 41.0 Å². The van der Waals surface area contributed by atoms with Crippen LogP contribution in [0.5, 0.6) is 0 Å². The number of hydrogen-bond donors (Lipinski definition) is 0. The van der Waals surface area contributed by atoms with Crippen molar-refractivity contribution in [1.29, 1.82) is 0 Å². The topological polar surface area (TPSA) is 49.9 Å². The van der Waals surface area contributed by atoms with E-state index in [-0.39, 0.29) is 17.9 Å². The number of ether oxygens (including phenoxy) is 1. The summed E-state index contributed by atoms with van der Waals surface area (Å²) in [6, 6.07) is 7.80. The smallest absolute Gasteiger partial charge is 0.253 e. The number of benzene rings is 1. The van der Waals surface area contributed by atoms with Crippen LogP contribution in [0.4, 0.5) is 0 Å². The van der Waals surface area contributed by atoms with Crippen LogP contribution in [0.1, 0.15) is 35.2 Å². The number of amides is 2. The molecule has 0 aliphatic carbocycles. The monoisotopic (exact) mass is 342 g/mol. The highest BCUT2D eigenvalue weighted by molar-refractivity contribution is 5.94. The molecule has 3 fully saturated rings. The summed E-state index contributed by atoms with van der Waals surface area (Å²) in [6.07, 6.45) is 2.68. The zero-order chi connectivity index (χ0) is 17.4. The van der Waals surface area contributed by atoms with Crippen molar-refractivity contribution in [3.8, 4) is 0 Å². The highest BCUT2D eigenvalue weighted by Crippen LogP contribution is 2.35. The second-order valence-electron chi connectivity index (χ2n) is 7.64. The lowest BCUT2D eigenvalue weighted by Crippen LogP contribution is -2.47. The summed E-state index contributed by atoms with van der Waals surface area (Å²) in [7, 11) is 0. The van der Waals surface area contributed by atoms with Gasteiger partial charge >= 0.3 is 0 Å². The Morgan fingerprint density at radius 3 is 2.76 bits per heavy atom. The van der Waals surface area contributed by atoms with Gasteiger partial charge in [0.25, 0.3) is 5.91 Å². The predicted molar refractivity (Wildman–Crippen MR) is 94.2 cm³/mol. The van der Waals surface area contributed by atoms with Gasteiger partial charge in [-0.25, -0.2) is 0 Å². The number of piperidine rings is 1. The summed E-state index contributed by atoms with van der Waals surface area (Å²) in [5.41, 5.74) is 1.92. The maximum atomic E-state index is 12.8. The molecule has 1 aromatic carbocycles.